The zero-order chi connectivity index (χ0) is 20.8. The van der Waals surface area contributed by atoms with Crippen molar-refractivity contribution in [3.05, 3.63) is 60.6 Å². The van der Waals surface area contributed by atoms with E-state index in [1.807, 2.05) is 0 Å². The first-order chi connectivity index (χ1) is 13.6. The van der Waals surface area contributed by atoms with Crippen molar-refractivity contribution in [1.82, 2.24) is 13.9 Å². The summed E-state index contributed by atoms with van der Waals surface area (Å²) in [6.07, 6.45) is -1.40. The highest BCUT2D eigenvalue weighted by molar-refractivity contribution is 7.93. The van der Waals surface area contributed by atoms with Gasteiger partial charge in [-0.25, -0.2) is 13.4 Å². The van der Waals surface area contributed by atoms with Crippen molar-refractivity contribution in [2.75, 3.05) is 4.72 Å². The molecule has 0 saturated heterocycles. The number of anilines is 1. The van der Waals surface area contributed by atoms with Crippen LogP contribution in [0, 0.1) is 0 Å². The number of alkyl halides is 3. The summed E-state index contributed by atoms with van der Waals surface area (Å²) >= 11 is 0.919. The van der Waals surface area contributed by atoms with Crippen LogP contribution in [0.15, 0.2) is 59.9 Å². The molecule has 4 aromatic rings. The summed E-state index contributed by atoms with van der Waals surface area (Å²) in [6.45, 7) is 0. The number of hydrogen-bond donors (Lipinski definition) is 1. The van der Waals surface area contributed by atoms with Gasteiger partial charge in [0.25, 0.3) is 10.0 Å². The zero-order valence-electron chi connectivity index (χ0n) is 14.8. The Hall–Kier alpha value is -2.92. The number of sulfonamides is 1. The van der Waals surface area contributed by atoms with E-state index < -0.39 is 21.8 Å². The number of aryl methyl sites for hydroxylation is 1. The SMILES string of the molecule is Cn1cc(-c2ccc(C(F)(F)F)cc2)c2ccc(S(=O)(=O)Nc3ncns3)cc21. The fourth-order valence-corrected chi connectivity index (χ4v) is 4.67. The van der Waals surface area contributed by atoms with Crippen LogP contribution in [0.4, 0.5) is 18.3 Å². The molecule has 29 heavy (non-hydrogen) atoms. The predicted molar refractivity (Wildman–Crippen MR) is 104 cm³/mol. The van der Waals surface area contributed by atoms with Crippen LogP contribution < -0.4 is 4.72 Å². The average molecular weight is 438 g/mol. The monoisotopic (exact) mass is 438 g/mol. The molecule has 0 bridgehead atoms. The Morgan fingerprint density at radius 3 is 2.45 bits per heavy atom. The van der Waals surface area contributed by atoms with E-state index in [0.717, 1.165) is 29.1 Å². The minimum atomic E-state index is -4.40. The van der Waals surface area contributed by atoms with Crippen molar-refractivity contribution in [2.24, 2.45) is 7.05 Å². The van der Waals surface area contributed by atoms with E-state index in [1.54, 1.807) is 23.9 Å². The van der Waals surface area contributed by atoms with E-state index in [-0.39, 0.29) is 10.0 Å². The molecule has 0 atom stereocenters. The van der Waals surface area contributed by atoms with Crippen molar-refractivity contribution < 1.29 is 21.6 Å². The van der Waals surface area contributed by atoms with Crippen LogP contribution in [0.2, 0.25) is 0 Å². The van der Waals surface area contributed by atoms with Crippen LogP contribution >= 0.6 is 11.5 Å². The first kappa shape index (κ1) is 19.4. The van der Waals surface area contributed by atoms with Gasteiger partial charge < -0.3 is 4.57 Å². The summed E-state index contributed by atoms with van der Waals surface area (Å²) in [5.41, 5.74) is 1.21. The molecule has 150 valence electrons. The molecule has 11 heteroatoms. The Morgan fingerprint density at radius 1 is 1.10 bits per heavy atom. The van der Waals surface area contributed by atoms with Crippen molar-refractivity contribution in [1.29, 1.82) is 0 Å². The van der Waals surface area contributed by atoms with E-state index in [2.05, 4.69) is 14.1 Å². The van der Waals surface area contributed by atoms with Crippen LogP contribution in [-0.2, 0) is 23.2 Å². The molecular weight excluding hydrogens is 425 g/mol. The Labute approximate surface area is 167 Å². The minimum Gasteiger partial charge on any atom is -0.350 e. The van der Waals surface area contributed by atoms with Gasteiger partial charge in [0, 0.05) is 41.2 Å². The largest absolute Gasteiger partial charge is 0.416 e. The summed E-state index contributed by atoms with van der Waals surface area (Å²) in [6, 6.07) is 9.44. The fraction of sp³-hybridized carbons (Fsp3) is 0.111. The van der Waals surface area contributed by atoms with Crippen LogP contribution in [0.25, 0.3) is 22.0 Å². The summed E-state index contributed by atoms with van der Waals surface area (Å²) in [7, 11) is -2.11. The van der Waals surface area contributed by atoms with Crippen LogP contribution in [0.5, 0.6) is 0 Å². The maximum absolute atomic E-state index is 12.8. The second kappa shape index (κ2) is 6.85. The molecule has 2 heterocycles. The number of hydrogen-bond acceptors (Lipinski definition) is 5. The number of aromatic nitrogens is 3. The van der Waals surface area contributed by atoms with E-state index in [9.17, 15) is 21.6 Å². The minimum absolute atomic E-state index is 0.0420. The second-order valence-corrected chi connectivity index (χ2v) is 8.72. The van der Waals surface area contributed by atoms with Gasteiger partial charge in [0.15, 0.2) is 0 Å². The molecule has 2 aromatic carbocycles. The zero-order valence-corrected chi connectivity index (χ0v) is 16.4. The Bertz CT molecular complexity index is 1280. The van der Waals surface area contributed by atoms with Gasteiger partial charge >= 0.3 is 6.18 Å². The number of halogens is 3. The number of rotatable bonds is 4. The molecule has 0 fully saturated rings. The fourth-order valence-electron chi connectivity index (χ4n) is 2.99. The summed E-state index contributed by atoms with van der Waals surface area (Å²) < 4.78 is 71.4. The van der Waals surface area contributed by atoms with Crippen molar-refractivity contribution in [3.8, 4) is 11.1 Å². The van der Waals surface area contributed by atoms with E-state index in [4.69, 9.17) is 0 Å². The lowest BCUT2D eigenvalue weighted by atomic mass is 10.0. The molecule has 0 aliphatic carbocycles. The molecule has 0 spiro atoms. The quantitative estimate of drug-likeness (QED) is 0.508. The van der Waals surface area contributed by atoms with Crippen LogP contribution in [0.1, 0.15) is 5.56 Å². The van der Waals surface area contributed by atoms with E-state index >= 15 is 0 Å². The number of benzene rings is 2. The Kier molecular flexibility index (Phi) is 4.58. The lowest BCUT2D eigenvalue weighted by Crippen LogP contribution is -2.12. The maximum atomic E-state index is 12.8. The predicted octanol–water partition coefficient (Wildman–Crippen LogP) is 4.52. The lowest BCUT2D eigenvalue weighted by Gasteiger charge is -2.08. The highest BCUT2D eigenvalue weighted by Crippen LogP contribution is 2.35. The molecule has 0 radical (unpaired) electrons. The molecule has 4 rings (SSSR count). The van der Waals surface area contributed by atoms with E-state index in [0.29, 0.717) is 16.6 Å². The standard InChI is InChI=1S/C18H13F3N4O2S2/c1-25-9-15(11-2-4-12(5-3-11)18(19,20)21)14-7-6-13(8-16(14)25)29(26,27)24-17-22-10-23-28-17/h2-10H,1H3,(H,22,23,24). The molecule has 0 aliphatic heterocycles. The summed E-state index contributed by atoms with van der Waals surface area (Å²) in [5.74, 6) is 0. The van der Waals surface area contributed by atoms with Gasteiger partial charge in [0.05, 0.1) is 10.5 Å². The van der Waals surface area contributed by atoms with Crippen LogP contribution in [-0.4, -0.2) is 22.3 Å². The first-order valence-corrected chi connectivity index (χ1v) is 10.5. The van der Waals surface area contributed by atoms with Crippen molar-refractivity contribution >= 4 is 37.6 Å². The molecule has 6 nitrogen and oxygen atoms in total. The van der Waals surface area contributed by atoms with Gasteiger partial charge in [-0.1, -0.05) is 18.2 Å². The third kappa shape index (κ3) is 3.70. The van der Waals surface area contributed by atoms with Gasteiger partial charge in [-0.15, -0.1) is 0 Å². The van der Waals surface area contributed by atoms with Crippen LogP contribution in [0.3, 0.4) is 0 Å². The number of nitrogens with one attached hydrogen (secondary N) is 1. The van der Waals surface area contributed by atoms with E-state index in [1.165, 1.54) is 30.6 Å². The maximum Gasteiger partial charge on any atom is 0.416 e. The van der Waals surface area contributed by atoms with Gasteiger partial charge in [0.1, 0.15) is 6.33 Å². The summed E-state index contributed by atoms with van der Waals surface area (Å²) in [4.78, 5) is 3.85. The van der Waals surface area contributed by atoms with Gasteiger partial charge in [-0.3, -0.25) is 4.72 Å². The lowest BCUT2D eigenvalue weighted by molar-refractivity contribution is -0.137. The number of fused-ring (bicyclic) bond motifs is 1. The Balaban J connectivity index is 1.74. The molecule has 0 unspecified atom stereocenters. The normalized spacial score (nSPS) is 12.4. The third-order valence-corrected chi connectivity index (χ3v) is 6.42. The second-order valence-electron chi connectivity index (χ2n) is 6.26. The molecule has 2 aromatic heterocycles. The Morgan fingerprint density at radius 2 is 1.83 bits per heavy atom. The molecule has 1 N–H and O–H groups in total. The third-order valence-electron chi connectivity index (χ3n) is 4.38. The molecule has 0 saturated carbocycles. The molecule has 0 aliphatic rings. The molecular formula is C18H13F3N4O2S2. The summed E-state index contributed by atoms with van der Waals surface area (Å²) in [5, 5.41) is 0.879. The average Bonchev–Trinajstić information content (AvgIpc) is 3.28. The molecule has 0 amide bonds. The first-order valence-electron chi connectivity index (χ1n) is 8.21. The van der Waals surface area contributed by atoms with Gasteiger partial charge in [-0.05, 0) is 29.8 Å². The smallest absolute Gasteiger partial charge is 0.350 e. The van der Waals surface area contributed by atoms with Gasteiger partial charge in [0.2, 0.25) is 5.13 Å². The highest BCUT2D eigenvalue weighted by atomic mass is 32.2. The van der Waals surface area contributed by atoms with Crippen molar-refractivity contribution in [2.45, 2.75) is 11.1 Å². The van der Waals surface area contributed by atoms with Crippen molar-refractivity contribution in [3.63, 3.8) is 0 Å². The number of nitrogens with zero attached hydrogens (tertiary/aromatic N) is 3. The van der Waals surface area contributed by atoms with Gasteiger partial charge in [-0.2, -0.15) is 17.5 Å². The highest BCUT2D eigenvalue weighted by Gasteiger charge is 2.30. The topological polar surface area (TPSA) is 76.9 Å².